The average Bonchev–Trinajstić information content (AvgIpc) is 2.15. The van der Waals surface area contributed by atoms with Gasteiger partial charge in [0, 0.05) is 0 Å². The highest BCUT2D eigenvalue weighted by Gasteiger charge is 2.13. The molecule has 1 aromatic rings. The molecule has 0 unspecified atom stereocenters. The van der Waals surface area contributed by atoms with Gasteiger partial charge in [-0.1, -0.05) is 0 Å². The number of alkyl halides is 1. The third-order valence-corrected chi connectivity index (χ3v) is 2.03. The van der Waals surface area contributed by atoms with Gasteiger partial charge >= 0.3 is 6.09 Å². The lowest BCUT2D eigenvalue weighted by Gasteiger charge is -2.16. The fourth-order valence-electron chi connectivity index (χ4n) is 0.947. The van der Waals surface area contributed by atoms with Gasteiger partial charge in [0.05, 0.1) is 18.4 Å². The van der Waals surface area contributed by atoms with E-state index in [0.29, 0.717) is 10.3 Å². The molecule has 1 aromatic heterocycles. The summed E-state index contributed by atoms with van der Waals surface area (Å²) in [6.07, 6.45) is 0.181. The van der Waals surface area contributed by atoms with E-state index in [9.17, 15) is 9.18 Å². The Bertz CT molecular complexity index is 318. The number of carboxylic acid groups (broad SMARTS) is 1. The summed E-state index contributed by atoms with van der Waals surface area (Å²) in [7, 11) is 0. The first-order valence-corrected chi connectivity index (χ1v) is 4.62. The number of carbonyl (C=O) groups is 1. The van der Waals surface area contributed by atoms with Gasteiger partial charge in [-0.15, -0.1) is 0 Å². The highest BCUT2D eigenvalue weighted by atomic mass is 79.9. The second-order valence-electron chi connectivity index (χ2n) is 2.46. The summed E-state index contributed by atoms with van der Waals surface area (Å²) in [5.41, 5.74) is 0.360. The number of halogens is 2. The maximum absolute atomic E-state index is 12.0. The van der Waals surface area contributed by atoms with Crippen molar-refractivity contribution in [3.05, 3.63) is 22.9 Å². The molecular formula is C8H8BrFN2O2. The molecule has 0 aliphatic heterocycles. The minimum absolute atomic E-state index is 0.182. The van der Waals surface area contributed by atoms with Crippen molar-refractivity contribution in [1.29, 1.82) is 0 Å². The number of rotatable bonds is 3. The van der Waals surface area contributed by atoms with Crippen molar-refractivity contribution in [2.24, 2.45) is 0 Å². The first-order valence-electron chi connectivity index (χ1n) is 3.83. The Morgan fingerprint density at radius 2 is 2.36 bits per heavy atom. The zero-order chi connectivity index (χ0) is 10.6. The van der Waals surface area contributed by atoms with E-state index in [0.717, 1.165) is 4.90 Å². The Kier molecular flexibility index (Phi) is 3.82. The molecule has 4 nitrogen and oxygen atoms in total. The van der Waals surface area contributed by atoms with Crippen LogP contribution in [0.5, 0.6) is 0 Å². The molecule has 0 bridgehead atoms. The minimum atomic E-state index is -1.19. The first kappa shape index (κ1) is 10.9. The fraction of sp³-hybridized carbons (Fsp3) is 0.250. The summed E-state index contributed by atoms with van der Waals surface area (Å²) in [5.74, 6) is 0. The molecule has 0 atom stereocenters. The SMILES string of the molecule is O=C(O)N(CCF)c1ccc(Br)nc1. The van der Waals surface area contributed by atoms with E-state index in [2.05, 4.69) is 20.9 Å². The van der Waals surface area contributed by atoms with Crippen molar-refractivity contribution in [1.82, 2.24) is 4.98 Å². The van der Waals surface area contributed by atoms with E-state index in [-0.39, 0.29) is 6.54 Å². The lowest BCUT2D eigenvalue weighted by atomic mass is 10.4. The number of pyridine rings is 1. The number of anilines is 1. The van der Waals surface area contributed by atoms with Gasteiger partial charge in [-0.2, -0.15) is 0 Å². The average molecular weight is 263 g/mol. The molecule has 0 aromatic carbocycles. The van der Waals surface area contributed by atoms with Crippen LogP contribution in [0.3, 0.4) is 0 Å². The van der Waals surface area contributed by atoms with Crippen LogP contribution in [0.15, 0.2) is 22.9 Å². The molecular weight excluding hydrogens is 255 g/mol. The molecule has 14 heavy (non-hydrogen) atoms. The molecule has 0 spiro atoms. The third-order valence-electron chi connectivity index (χ3n) is 1.56. The van der Waals surface area contributed by atoms with Crippen LogP contribution in [-0.4, -0.2) is 29.4 Å². The van der Waals surface area contributed by atoms with Crippen LogP contribution >= 0.6 is 15.9 Å². The molecule has 0 fully saturated rings. The highest BCUT2D eigenvalue weighted by molar-refractivity contribution is 9.10. The van der Waals surface area contributed by atoms with Crippen LogP contribution < -0.4 is 4.90 Å². The highest BCUT2D eigenvalue weighted by Crippen LogP contribution is 2.15. The number of nitrogens with zero attached hydrogens (tertiary/aromatic N) is 2. The summed E-state index contributed by atoms with van der Waals surface area (Å²) >= 11 is 3.12. The van der Waals surface area contributed by atoms with Crippen LogP contribution in [0.1, 0.15) is 0 Å². The zero-order valence-corrected chi connectivity index (χ0v) is 8.74. The molecule has 0 aliphatic rings. The van der Waals surface area contributed by atoms with Gasteiger partial charge in [0.2, 0.25) is 0 Å². The van der Waals surface area contributed by atoms with Crippen LogP contribution in [0.25, 0.3) is 0 Å². The van der Waals surface area contributed by atoms with E-state index in [4.69, 9.17) is 5.11 Å². The van der Waals surface area contributed by atoms with Gasteiger partial charge in [0.15, 0.2) is 0 Å². The monoisotopic (exact) mass is 262 g/mol. The number of amides is 1. The maximum atomic E-state index is 12.0. The summed E-state index contributed by atoms with van der Waals surface area (Å²) in [6, 6.07) is 3.16. The molecule has 6 heteroatoms. The molecule has 0 saturated heterocycles. The molecule has 1 amide bonds. The van der Waals surface area contributed by atoms with Crippen molar-refractivity contribution in [3.8, 4) is 0 Å². The molecule has 0 radical (unpaired) electrons. The lowest BCUT2D eigenvalue weighted by molar-refractivity contribution is 0.201. The normalized spacial score (nSPS) is 9.86. The number of aromatic nitrogens is 1. The molecule has 1 heterocycles. The second kappa shape index (κ2) is 4.90. The minimum Gasteiger partial charge on any atom is -0.465 e. The Labute approximate surface area is 88.5 Å². The van der Waals surface area contributed by atoms with E-state index in [1.165, 1.54) is 6.20 Å². The Hall–Kier alpha value is -1.17. The number of hydrogen-bond donors (Lipinski definition) is 1. The largest absolute Gasteiger partial charge is 0.465 e. The van der Waals surface area contributed by atoms with E-state index < -0.39 is 12.8 Å². The van der Waals surface area contributed by atoms with Crippen molar-refractivity contribution >= 4 is 27.7 Å². The lowest BCUT2D eigenvalue weighted by Crippen LogP contribution is -2.31. The van der Waals surface area contributed by atoms with Crippen LogP contribution in [0, 0.1) is 0 Å². The Morgan fingerprint density at radius 3 is 2.79 bits per heavy atom. The quantitative estimate of drug-likeness (QED) is 0.851. The van der Waals surface area contributed by atoms with Crippen molar-refractivity contribution in [2.45, 2.75) is 0 Å². The smallest absolute Gasteiger partial charge is 0.411 e. The number of hydrogen-bond acceptors (Lipinski definition) is 2. The van der Waals surface area contributed by atoms with Gasteiger partial charge in [0.1, 0.15) is 11.3 Å². The summed E-state index contributed by atoms with van der Waals surface area (Å²) in [5, 5.41) is 8.75. The van der Waals surface area contributed by atoms with Crippen molar-refractivity contribution in [3.63, 3.8) is 0 Å². The maximum Gasteiger partial charge on any atom is 0.411 e. The molecule has 76 valence electrons. The van der Waals surface area contributed by atoms with Gasteiger partial charge in [-0.3, -0.25) is 4.90 Å². The van der Waals surface area contributed by atoms with Crippen molar-refractivity contribution in [2.75, 3.05) is 18.1 Å². The van der Waals surface area contributed by atoms with E-state index in [1.807, 2.05) is 0 Å². The molecule has 0 saturated carbocycles. The zero-order valence-electron chi connectivity index (χ0n) is 7.15. The Morgan fingerprint density at radius 1 is 1.64 bits per heavy atom. The molecule has 1 N–H and O–H groups in total. The molecule has 0 aliphatic carbocycles. The van der Waals surface area contributed by atoms with Crippen LogP contribution in [0.4, 0.5) is 14.9 Å². The van der Waals surface area contributed by atoms with Crippen LogP contribution in [-0.2, 0) is 0 Å². The fourth-order valence-corrected chi connectivity index (χ4v) is 1.18. The van der Waals surface area contributed by atoms with E-state index in [1.54, 1.807) is 12.1 Å². The van der Waals surface area contributed by atoms with Gasteiger partial charge in [0.25, 0.3) is 0 Å². The summed E-state index contributed by atoms with van der Waals surface area (Å²) < 4.78 is 12.6. The van der Waals surface area contributed by atoms with Gasteiger partial charge in [-0.05, 0) is 28.1 Å². The van der Waals surface area contributed by atoms with Gasteiger partial charge < -0.3 is 5.11 Å². The van der Waals surface area contributed by atoms with Crippen LogP contribution in [0.2, 0.25) is 0 Å². The Balaban J connectivity index is 2.87. The van der Waals surface area contributed by atoms with E-state index >= 15 is 0 Å². The first-order chi connectivity index (χ1) is 6.65. The standard InChI is InChI=1S/C8H8BrFN2O2/c9-7-2-1-6(5-11-7)12(4-3-10)8(13)14/h1-2,5H,3-4H2,(H,13,14). The predicted octanol–water partition coefficient (Wildman–Crippen LogP) is 2.30. The predicted molar refractivity (Wildman–Crippen MR) is 53.3 cm³/mol. The third kappa shape index (κ3) is 2.66. The summed E-state index contributed by atoms with van der Waals surface area (Å²) in [6.45, 7) is -0.902. The second-order valence-corrected chi connectivity index (χ2v) is 3.27. The summed E-state index contributed by atoms with van der Waals surface area (Å²) in [4.78, 5) is 15.5. The van der Waals surface area contributed by atoms with Gasteiger partial charge in [-0.25, -0.2) is 14.2 Å². The van der Waals surface area contributed by atoms with Crippen molar-refractivity contribution < 1.29 is 14.3 Å². The molecule has 1 rings (SSSR count). The topological polar surface area (TPSA) is 53.4 Å².